The minimum Gasteiger partial charge on any atom is -0.493 e. The molecule has 10 nitrogen and oxygen atoms in total. The quantitative estimate of drug-likeness (QED) is 0.432. The first-order chi connectivity index (χ1) is 18.3. The number of benzene rings is 2. The zero-order chi connectivity index (χ0) is 27.2. The molecule has 1 N–H and O–H groups in total. The maximum atomic E-state index is 13.8. The molecule has 10 heteroatoms. The van der Waals surface area contributed by atoms with Crippen molar-refractivity contribution < 1.29 is 19.1 Å². The predicted octanol–water partition coefficient (Wildman–Crippen LogP) is 3.84. The van der Waals surface area contributed by atoms with Crippen molar-refractivity contribution in [3.05, 3.63) is 47.5 Å². The van der Waals surface area contributed by atoms with Crippen molar-refractivity contribution in [3.8, 4) is 22.9 Å². The fourth-order valence-corrected chi connectivity index (χ4v) is 5.00. The van der Waals surface area contributed by atoms with Crippen molar-refractivity contribution in [2.75, 3.05) is 19.1 Å². The number of nitrogens with one attached hydrogen (secondary N) is 1. The first kappa shape index (κ1) is 27.1. The smallest absolute Gasteiger partial charge is 0.251 e. The van der Waals surface area contributed by atoms with Crippen LogP contribution in [0.3, 0.4) is 0 Å². The lowest BCUT2D eigenvalue weighted by molar-refractivity contribution is -0.127. The first-order valence-corrected chi connectivity index (χ1v) is 13.0. The van der Waals surface area contributed by atoms with Gasteiger partial charge in [0, 0.05) is 17.3 Å². The Kier molecular flexibility index (Phi) is 8.60. The number of rotatable bonds is 10. The van der Waals surface area contributed by atoms with E-state index >= 15 is 0 Å². The number of carbonyl (C=O) groups excluding carboxylic acids is 2. The number of nitrogens with zero attached hydrogens (tertiary/aromatic N) is 5. The summed E-state index contributed by atoms with van der Waals surface area (Å²) in [5.41, 5.74) is 3.38. The number of hydrogen-bond acceptors (Lipinski definition) is 7. The van der Waals surface area contributed by atoms with Gasteiger partial charge in [-0.2, -0.15) is 4.80 Å². The van der Waals surface area contributed by atoms with Gasteiger partial charge in [-0.05, 0) is 68.2 Å². The third-order valence-electron chi connectivity index (χ3n) is 6.95. The summed E-state index contributed by atoms with van der Waals surface area (Å²) in [6.45, 7) is 5.71. The standard InChI is InChI=1S/C28H36N6O4/c1-6-22(28(36)29-21-9-7-8-10-21)34(23-13-11-18(2)15-19(23)3)26(35)17-33-31-27(30-32-33)20-12-14-24(37-4)25(16-20)38-5/h11-16,21-22H,6-10,17H2,1-5H3,(H,29,36). The summed E-state index contributed by atoms with van der Waals surface area (Å²) in [6.07, 6.45) is 4.64. The predicted molar refractivity (Wildman–Crippen MR) is 144 cm³/mol. The Hall–Kier alpha value is -3.95. The molecule has 1 aliphatic rings. The number of hydrogen-bond donors (Lipinski definition) is 1. The molecular formula is C28H36N6O4. The molecule has 0 spiro atoms. The number of aromatic nitrogens is 4. The average molecular weight is 521 g/mol. The molecule has 0 aliphatic heterocycles. The molecule has 2 aromatic carbocycles. The SMILES string of the molecule is CCC(C(=O)NC1CCCC1)N(C(=O)Cn1nnc(-c2ccc(OC)c(OC)c2)n1)c1ccc(C)cc1C. The summed E-state index contributed by atoms with van der Waals surface area (Å²) < 4.78 is 10.7. The van der Waals surface area contributed by atoms with E-state index in [1.807, 2.05) is 39.0 Å². The van der Waals surface area contributed by atoms with Gasteiger partial charge >= 0.3 is 0 Å². The lowest BCUT2D eigenvalue weighted by Gasteiger charge is -2.32. The Morgan fingerprint density at radius 3 is 2.47 bits per heavy atom. The van der Waals surface area contributed by atoms with Gasteiger partial charge in [-0.15, -0.1) is 10.2 Å². The average Bonchev–Trinajstić information content (AvgIpc) is 3.59. The van der Waals surface area contributed by atoms with Crippen LogP contribution in [0.2, 0.25) is 0 Å². The van der Waals surface area contributed by atoms with Gasteiger partial charge in [0.05, 0.1) is 14.2 Å². The van der Waals surface area contributed by atoms with Gasteiger partial charge in [-0.3, -0.25) is 14.5 Å². The highest BCUT2D eigenvalue weighted by Crippen LogP contribution is 2.31. The summed E-state index contributed by atoms with van der Waals surface area (Å²) in [5.74, 6) is 1.05. The van der Waals surface area contributed by atoms with Gasteiger partial charge in [0.1, 0.15) is 12.6 Å². The molecule has 1 aromatic heterocycles. The van der Waals surface area contributed by atoms with Crippen molar-refractivity contribution in [3.63, 3.8) is 0 Å². The largest absolute Gasteiger partial charge is 0.493 e. The third-order valence-corrected chi connectivity index (χ3v) is 6.95. The molecule has 1 aliphatic carbocycles. The molecule has 0 saturated heterocycles. The molecular weight excluding hydrogens is 484 g/mol. The number of methoxy groups -OCH3 is 2. The molecule has 1 heterocycles. The van der Waals surface area contributed by atoms with Crippen LogP contribution in [0.25, 0.3) is 11.4 Å². The van der Waals surface area contributed by atoms with Gasteiger partial charge in [-0.25, -0.2) is 0 Å². The van der Waals surface area contributed by atoms with Gasteiger partial charge in [0.2, 0.25) is 11.7 Å². The second-order valence-corrected chi connectivity index (χ2v) is 9.68. The van der Waals surface area contributed by atoms with Crippen LogP contribution < -0.4 is 19.7 Å². The van der Waals surface area contributed by atoms with Crippen molar-refractivity contribution in [1.82, 2.24) is 25.5 Å². The second kappa shape index (κ2) is 12.1. The number of tetrazole rings is 1. The molecule has 1 unspecified atom stereocenters. The van der Waals surface area contributed by atoms with Crippen LogP contribution in [0, 0.1) is 13.8 Å². The Morgan fingerprint density at radius 1 is 1.08 bits per heavy atom. The van der Waals surface area contributed by atoms with E-state index in [2.05, 4.69) is 20.7 Å². The van der Waals surface area contributed by atoms with Crippen LogP contribution in [0.5, 0.6) is 11.5 Å². The monoisotopic (exact) mass is 520 g/mol. The number of ether oxygens (including phenoxy) is 2. The minimum absolute atomic E-state index is 0.134. The van der Waals surface area contributed by atoms with E-state index < -0.39 is 6.04 Å². The molecule has 3 aromatic rings. The number of amides is 2. The fourth-order valence-electron chi connectivity index (χ4n) is 5.00. The molecule has 38 heavy (non-hydrogen) atoms. The van der Waals surface area contributed by atoms with Crippen molar-refractivity contribution in [2.45, 2.75) is 71.5 Å². The van der Waals surface area contributed by atoms with E-state index in [0.29, 0.717) is 35.0 Å². The van der Waals surface area contributed by atoms with Gasteiger partial charge in [0.25, 0.3) is 5.91 Å². The van der Waals surface area contributed by atoms with Crippen molar-refractivity contribution in [1.29, 1.82) is 0 Å². The molecule has 1 fully saturated rings. The number of carbonyl (C=O) groups is 2. The minimum atomic E-state index is -0.654. The van der Waals surface area contributed by atoms with Crippen LogP contribution in [0.15, 0.2) is 36.4 Å². The van der Waals surface area contributed by atoms with Crippen molar-refractivity contribution in [2.24, 2.45) is 0 Å². The Labute approximate surface area is 223 Å². The summed E-state index contributed by atoms with van der Waals surface area (Å²) in [5, 5.41) is 15.8. The van der Waals surface area contributed by atoms with Gasteiger partial charge in [-0.1, -0.05) is 37.5 Å². The van der Waals surface area contributed by atoms with E-state index in [0.717, 1.165) is 36.8 Å². The lowest BCUT2D eigenvalue weighted by Crippen LogP contribution is -2.52. The van der Waals surface area contributed by atoms with E-state index in [9.17, 15) is 9.59 Å². The third kappa shape index (κ3) is 5.95. The maximum absolute atomic E-state index is 13.8. The topological polar surface area (TPSA) is 111 Å². The Morgan fingerprint density at radius 2 is 1.82 bits per heavy atom. The molecule has 1 saturated carbocycles. The zero-order valence-electron chi connectivity index (χ0n) is 22.7. The summed E-state index contributed by atoms with van der Waals surface area (Å²) in [7, 11) is 3.12. The first-order valence-electron chi connectivity index (χ1n) is 13.0. The molecule has 1 atom stereocenters. The summed E-state index contributed by atoms with van der Waals surface area (Å²) >= 11 is 0. The van der Waals surface area contributed by atoms with Crippen LogP contribution in [0.4, 0.5) is 5.69 Å². The zero-order valence-corrected chi connectivity index (χ0v) is 22.7. The molecule has 202 valence electrons. The van der Waals surface area contributed by atoms with E-state index in [1.165, 1.54) is 4.80 Å². The van der Waals surface area contributed by atoms with Crippen LogP contribution in [-0.4, -0.2) is 58.3 Å². The Balaban J connectivity index is 1.60. The molecule has 2 amide bonds. The van der Waals surface area contributed by atoms with E-state index in [4.69, 9.17) is 9.47 Å². The fraction of sp³-hybridized carbons (Fsp3) is 0.464. The van der Waals surface area contributed by atoms with E-state index in [-0.39, 0.29) is 24.4 Å². The number of aryl methyl sites for hydroxylation is 2. The molecule has 0 radical (unpaired) electrons. The second-order valence-electron chi connectivity index (χ2n) is 9.68. The summed E-state index contributed by atoms with van der Waals surface area (Å²) in [4.78, 5) is 30.1. The number of anilines is 1. The van der Waals surface area contributed by atoms with Gasteiger partial charge < -0.3 is 14.8 Å². The molecule has 4 rings (SSSR count). The van der Waals surface area contributed by atoms with Gasteiger partial charge in [0.15, 0.2) is 11.5 Å². The highest BCUT2D eigenvalue weighted by molar-refractivity contribution is 6.01. The maximum Gasteiger partial charge on any atom is 0.251 e. The van der Waals surface area contributed by atoms with Crippen LogP contribution >= 0.6 is 0 Å². The highest BCUT2D eigenvalue weighted by Gasteiger charge is 2.33. The normalized spacial score (nSPS) is 14.2. The Bertz CT molecular complexity index is 1280. The van der Waals surface area contributed by atoms with E-state index in [1.54, 1.807) is 37.3 Å². The lowest BCUT2D eigenvalue weighted by atomic mass is 10.1. The van der Waals surface area contributed by atoms with Crippen molar-refractivity contribution >= 4 is 17.5 Å². The summed E-state index contributed by atoms with van der Waals surface area (Å²) in [6, 6.07) is 10.7. The van der Waals surface area contributed by atoms with Crippen LogP contribution in [0.1, 0.15) is 50.2 Å². The molecule has 0 bridgehead atoms. The van der Waals surface area contributed by atoms with Crippen LogP contribution in [-0.2, 0) is 16.1 Å². The highest BCUT2D eigenvalue weighted by atomic mass is 16.5.